The first-order valence-electron chi connectivity index (χ1n) is 4.72. The van der Waals surface area contributed by atoms with Crippen molar-refractivity contribution in [3.63, 3.8) is 0 Å². The number of H-pyrrole nitrogens is 1. The molecule has 0 fully saturated rings. The molecule has 1 amide bonds. The van der Waals surface area contributed by atoms with E-state index in [9.17, 15) is 14.9 Å². The average molecular weight is 232 g/mol. The van der Waals surface area contributed by atoms with Gasteiger partial charge in [0, 0.05) is 12.1 Å². The van der Waals surface area contributed by atoms with E-state index in [1.165, 1.54) is 24.4 Å². The van der Waals surface area contributed by atoms with Crippen molar-refractivity contribution < 1.29 is 9.72 Å². The molecule has 2 aromatic rings. The Morgan fingerprint density at radius 3 is 2.76 bits per heavy atom. The molecule has 7 nitrogen and oxygen atoms in total. The molecule has 0 unspecified atom stereocenters. The molecule has 7 heteroatoms. The Morgan fingerprint density at radius 2 is 2.12 bits per heavy atom. The van der Waals surface area contributed by atoms with E-state index in [0.717, 1.165) is 0 Å². The monoisotopic (exact) mass is 232 g/mol. The maximum absolute atomic E-state index is 11.8. The highest BCUT2D eigenvalue weighted by molar-refractivity contribution is 6.06. The summed E-state index contributed by atoms with van der Waals surface area (Å²) in [7, 11) is 0. The number of hydrogen-bond donors (Lipinski definition) is 2. The summed E-state index contributed by atoms with van der Waals surface area (Å²) >= 11 is 0. The number of nitro groups is 1. The summed E-state index contributed by atoms with van der Waals surface area (Å²) in [6.45, 7) is 0. The Bertz CT molecular complexity index is 550. The van der Waals surface area contributed by atoms with Gasteiger partial charge in [0.05, 0.1) is 11.1 Å². The number of nitro benzene ring substituents is 1. The molecule has 0 aliphatic heterocycles. The third-order valence-electron chi connectivity index (χ3n) is 2.09. The van der Waals surface area contributed by atoms with Gasteiger partial charge in [0.15, 0.2) is 0 Å². The summed E-state index contributed by atoms with van der Waals surface area (Å²) in [5.41, 5.74) is -0.225. The van der Waals surface area contributed by atoms with Crippen molar-refractivity contribution >= 4 is 17.4 Å². The predicted molar refractivity (Wildman–Crippen MR) is 59.6 cm³/mol. The number of amides is 1. The molecule has 1 aromatic heterocycles. The van der Waals surface area contributed by atoms with Crippen LogP contribution in [-0.2, 0) is 0 Å². The second-order valence-corrected chi connectivity index (χ2v) is 3.20. The van der Waals surface area contributed by atoms with Gasteiger partial charge >= 0.3 is 0 Å². The Kier molecular flexibility index (Phi) is 2.82. The first-order valence-corrected chi connectivity index (χ1v) is 4.72. The van der Waals surface area contributed by atoms with Crippen LogP contribution in [0.4, 0.5) is 11.5 Å². The number of nitrogens with zero attached hydrogens (tertiary/aromatic N) is 2. The summed E-state index contributed by atoms with van der Waals surface area (Å²) in [5.74, 6) is -0.172. The molecular formula is C10H8N4O3. The van der Waals surface area contributed by atoms with E-state index < -0.39 is 10.8 Å². The fourth-order valence-electron chi connectivity index (χ4n) is 1.34. The van der Waals surface area contributed by atoms with Crippen LogP contribution in [0.2, 0.25) is 0 Å². The number of benzene rings is 1. The van der Waals surface area contributed by atoms with Crippen LogP contribution in [0.3, 0.4) is 0 Å². The van der Waals surface area contributed by atoms with Gasteiger partial charge in [-0.1, -0.05) is 12.1 Å². The number of hydrogen-bond acceptors (Lipinski definition) is 4. The number of nitrogens with one attached hydrogen (secondary N) is 2. The minimum atomic E-state index is -0.595. The van der Waals surface area contributed by atoms with Crippen LogP contribution < -0.4 is 5.32 Å². The molecule has 0 aliphatic rings. The number of aromatic nitrogens is 2. The van der Waals surface area contributed by atoms with Gasteiger partial charge in [-0.05, 0) is 6.07 Å². The first kappa shape index (κ1) is 10.8. The second kappa shape index (κ2) is 4.44. The number of aromatic amines is 1. The maximum Gasteiger partial charge on any atom is 0.282 e. The average Bonchev–Trinajstić information content (AvgIpc) is 2.81. The highest BCUT2D eigenvalue weighted by Gasteiger charge is 2.19. The summed E-state index contributed by atoms with van der Waals surface area (Å²) in [6.07, 6.45) is 1.47. The van der Waals surface area contributed by atoms with Crippen LogP contribution in [0.15, 0.2) is 36.5 Å². The number of para-hydroxylation sites is 1. The second-order valence-electron chi connectivity index (χ2n) is 3.20. The standard InChI is InChI=1S/C10H8N4O3/c15-10(12-9-5-6-11-13-9)7-3-1-2-4-8(7)14(16)17/h1-6H,(H2,11,12,13,15). The van der Waals surface area contributed by atoms with E-state index in [4.69, 9.17) is 0 Å². The molecule has 0 aliphatic carbocycles. The van der Waals surface area contributed by atoms with Crippen LogP contribution in [0.5, 0.6) is 0 Å². The lowest BCUT2D eigenvalue weighted by Crippen LogP contribution is -2.14. The molecule has 1 aromatic carbocycles. The zero-order valence-electron chi connectivity index (χ0n) is 8.58. The third-order valence-corrected chi connectivity index (χ3v) is 2.09. The van der Waals surface area contributed by atoms with Crippen molar-refractivity contribution in [2.24, 2.45) is 0 Å². The minimum absolute atomic E-state index is 0.00657. The van der Waals surface area contributed by atoms with E-state index in [-0.39, 0.29) is 11.3 Å². The van der Waals surface area contributed by atoms with E-state index >= 15 is 0 Å². The Morgan fingerprint density at radius 1 is 1.35 bits per heavy atom. The number of carbonyl (C=O) groups excluding carboxylic acids is 1. The SMILES string of the molecule is O=C(Nc1ccn[nH]1)c1ccccc1[N+](=O)[O-]. The minimum Gasteiger partial charge on any atom is -0.307 e. The first-order chi connectivity index (χ1) is 8.18. The molecule has 0 spiro atoms. The topological polar surface area (TPSA) is 101 Å². The van der Waals surface area contributed by atoms with Gasteiger partial charge in [0.2, 0.25) is 0 Å². The number of rotatable bonds is 3. The van der Waals surface area contributed by atoms with Crippen LogP contribution in [-0.4, -0.2) is 21.0 Å². The van der Waals surface area contributed by atoms with Crippen LogP contribution in [0.25, 0.3) is 0 Å². The molecule has 2 N–H and O–H groups in total. The predicted octanol–water partition coefficient (Wildman–Crippen LogP) is 1.57. The molecule has 2 rings (SSSR count). The Hall–Kier alpha value is -2.70. The van der Waals surface area contributed by atoms with Crippen molar-refractivity contribution in [1.29, 1.82) is 0 Å². The molecule has 1 heterocycles. The largest absolute Gasteiger partial charge is 0.307 e. The van der Waals surface area contributed by atoms with Gasteiger partial charge in [0.25, 0.3) is 11.6 Å². The summed E-state index contributed by atoms with van der Waals surface area (Å²) in [6, 6.07) is 7.29. The summed E-state index contributed by atoms with van der Waals surface area (Å²) < 4.78 is 0. The lowest BCUT2D eigenvalue weighted by Gasteiger charge is -2.02. The summed E-state index contributed by atoms with van der Waals surface area (Å²) in [4.78, 5) is 21.9. The smallest absolute Gasteiger partial charge is 0.282 e. The van der Waals surface area contributed by atoms with Crippen molar-refractivity contribution in [1.82, 2.24) is 10.2 Å². The van der Waals surface area contributed by atoms with Gasteiger partial charge in [-0.15, -0.1) is 0 Å². The van der Waals surface area contributed by atoms with Gasteiger partial charge in [-0.25, -0.2) is 0 Å². The van der Waals surface area contributed by atoms with Gasteiger partial charge in [-0.3, -0.25) is 20.0 Å². The molecule has 17 heavy (non-hydrogen) atoms. The van der Waals surface area contributed by atoms with Crippen molar-refractivity contribution in [3.8, 4) is 0 Å². The highest BCUT2D eigenvalue weighted by atomic mass is 16.6. The van der Waals surface area contributed by atoms with Gasteiger partial charge in [0.1, 0.15) is 11.4 Å². The van der Waals surface area contributed by atoms with Gasteiger partial charge in [-0.2, -0.15) is 5.10 Å². The molecule has 86 valence electrons. The molecule has 0 atom stereocenters. The van der Waals surface area contributed by atoms with Crippen molar-refractivity contribution in [3.05, 3.63) is 52.2 Å². The van der Waals surface area contributed by atoms with Crippen molar-refractivity contribution in [2.75, 3.05) is 5.32 Å². The molecule has 0 radical (unpaired) electrons. The lowest BCUT2D eigenvalue weighted by molar-refractivity contribution is -0.385. The van der Waals surface area contributed by atoms with E-state index in [1.54, 1.807) is 12.1 Å². The lowest BCUT2D eigenvalue weighted by atomic mass is 10.1. The van der Waals surface area contributed by atoms with Crippen LogP contribution in [0, 0.1) is 10.1 Å². The van der Waals surface area contributed by atoms with E-state index in [1.807, 2.05) is 0 Å². The van der Waals surface area contributed by atoms with Crippen LogP contribution in [0.1, 0.15) is 10.4 Å². The fourth-order valence-corrected chi connectivity index (χ4v) is 1.34. The van der Waals surface area contributed by atoms with E-state index in [2.05, 4.69) is 15.5 Å². The third kappa shape index (κ3) is 2.28. The number of anilines is 1. The zero-order chi connectivity index (χ0) is 12.3. The van der Waals surface area contributed by atoms with Crippen molar-refractivity contribution in [2.45, 2.75) is 0 Å². The fraction of sp³-hybridized carbons (Fsp3) is 0. The quantitative estimate of drug-likeness (QED) is 0.619. The summed E-state index contributed by atoms with van der Waals surface area (Å²) in [5, 5.41) is 19.4. The Balaban J connectivity index is 2.28. The zero-order valence-corrected chi connectivity index (χ0v) is 8.58. The maximum atomic E-state index is 11.8. The molecule has 0 bridgehead atoms. The number of carbonyl (C=O) groups is 1. The molecular weight excluding hydrogens is 224 g/mol. The van der Waals surface area contributed by atoms with Crippen LogP contribution >= 0.6 is 0 Å². The normalized spacial score (nSPS) is 9.88. The Labute approximate surface area is 95.6 Å². The molecule has 0 saturated carbocycles. The highest BCUT2D eigenvalue weighted by Crippen LogP contribution is 2.18. The van der Waals surface area contributed by atoms with E-state index in [0.29, 0.717) is 5.82 Å². The van der Waals surface area contributed by atoms with Gasteiger partial charge < -0.3 is 5.32 Å². The molecule has 0 saturated heterocycles.